The van der Waals surface area contributed by atoms with E-state index in [2.05, 4.69) is 9.51 Å². The SMILES string of the molecule is Nc1ccc(-c2cn(C3CC(O)C(COP(=O)([O-])[O-])O3)c(=O)[nH]c2=O)cc1. The number of anilines is 1. The van der Waals surface area contributed by atoms with Crippen molar-refractivity contribution in [3.8, 4) is 11.1 Å². The maximum Gasteiger partial charge on any atom is 0.330 e. The topological polar surface area (TPSA) is 183 Å². The van der Waals surface area contributed by atoms with Gasteiger partial charge in [0, 0.05) is 18.3 Å². The Kier molecular flexibility index (Phi) is 5.33. The Morgan fingerprint density at radius 2 is 2.00 bits per heavy atom. The fourth-order valence-electron chi connectivity index (χ4n) is 2.77. The summed E-state index contributed by atoms with van der Waals surface area (Å²) in [6.07, 6.45) is -2.06. The number of aliphatic hydroxyl groups excluding tert-OH is 1. The second kappa shape index (κ2) is 7.39. The van der Waals surface area contributed by atoms with Gasteiger partial charge in [-0.3, -0.25) is 14.3 Å². The van der Waals surface area contributed by atoms with E-state index >= 15 is 0 Å². The third-order valence-corrected chi connectivity index (χ3v) is 4.57. The van der Waals surface area contributed by atoms with Crippen LogP contribution in [0.15, 0.2) is 40.1 Å². The van der Waals surface area contributed by atoms with Crippen LogP contribution in [-0.4, -0.2) is 33.5 Å². The second-order valence-corrected chi connectivity index (χ2v) is 7.16. The van der Waals surface area contributed by atoms with Crippen LogP contribution in [0.1, 0.15) is 12.6 Å². The molecule has 1 aliphatic heterocycles. The maximum absolute atomic E-state index is 12.1. The highest BCUT2D eigenvalue weighted by Crippen LogP contribution is 2.32. The van der Waals surface area contributed by atoms with Crippen molar-refractivity contribution < 1.29 is 28.7 Å². The molecule has 4 N–H and O–H groups in total. The number of nitrogens with zero attached hydrogens (tertiary/aromatic N) is 1. The molecule has 1 fully saturated rings. The van der Waals surface area contributed by atoms with Crippen LogP contribution in [0.25, 0.3) is 11.1 Å². The van der Waals surface area contributed by atoms with Crippen LogP contribution < -0.4 is 26.8 Å². The Balaban J connectivity index is 1.88. The van der Waals surface area contributed by atoms with Crippen molar-refractivity contribution in [2.75, 3.05) is 12.3 Å². The van der Waals surface area contributed by atoms with Crippen molar-refractivity contribution in [1.29, 1.82) is 0 Å². The van der Waals surface area contributed by atoms with Gasteiger partial charge in [0.25, 0.3) is 5.56 Å². The van der Waals surface area contributed by atoms with E-state index in [9.17, 15) is 29.0 Å². The van der Waals surface area contributed by atoms with Crippen molar-refractivity contribution in [3.05, 3.63) is 51.3 Å². The van der Waals surface area contributed by atoms with Gasteiger partial charge in [-0.05, 0) is 17.7 Å². The predicted octanol–water partition coefficient (Wildman–Crippen LogP) is -1.72. The van der Waals surface area contributed by atoms with Gasteiger partial charge in [-0.25, -0.2) is 4.79 Å². The number of aromatic amines is 1. The van der Waals surface area contributed by atoms with Gasteiger partial charge in [-0.2, -0.15) is 0 Å². The third-order valence-electron chi connectivity index (χ3n) is 4.10. The number of nitrogen functional groups attached to an aromatic ring is 1. The molecule has 1 aliphatic rings. The van der Waals surface area contributed by atoms with Gasteiger partial charge < -0.3 is 34.5 Å². The van der Waals surface area contributed by atoms with Crippen molar-refractivity contribution in [2.45, 2.75) is 24.9 Å². The number of aliphatic hydroxyl groups is 1. The minimum atomic E-state index is -5.22. The molecule has 3 unspecified atom stereocenters. The number of phosphoric ester groups is 1. The zero-order valence-electron chi connectivity index (χ0n) is 13.8. The highest BCUT2D eigenvalue weighted by atomic mass is 31.2. The van der Waals surface area contributed by atoms with Gasteiger partial charge in [-0.15, -0.1) is 0 Å². The molecule has 146 valence electrons. The number of ether oxygens (including phenoxy) is 1. The molecule has 0 aliphatic carbocycles. The lowest BCUT2D eigenvalue weighted by Crippen LogP contribution is -2.33. The van der Waals surface area contributed by atoms with E-state index in [4.69, 9.17) is 10.5 Å². The van der Waals surface area contributed by atoms with Gasteiger partial charge in [0.1, 0.15) is 12.3 Å². The maximum atomic E-state index is 12.1. The second-order valence-electron chi connectivity index (χ2n) is 6.01. The van der Waals surface area contributed by atoms with Crippen LogP contribution in [0.4, 0.5) is 5.69 Å². The van der Waals surface area contributed by atoms with E-state index in [1.807, 2.05) is 0 Å². The molecule has 1 aromatic heterocycles. The van der Waals surface area contributed by atoms with Gasteiger partial charge >= 0.3 is 5.69 Å². The molecule has 0 radical (unpaired) electrons. The van der Waals surface area contributed by atoms with Crippen LogP contribution in [0.5, 0.6) is 0 Å². The van der Waals surface area contributed by atoms with Gasteiger partial charge in [0.2, 0.25) is 0 Å². The van der Waals surface area contributed by atoms with Gasteiger partial charge in [-0.1, -0.05) is 12.1 Å². The van der Waals surface area contributed by atoms with Crippen LogP contribution in [-0.2, 0) is 13.8 Å². The van der Waals surface area contributed by atoms with Gasteiger partial charge in [0.05, 0.1) is 26.1 Å². The number of nitrogens with two attached hydrogens (primary N) is 1. The number of hydrogen-bond acceptors (Lipinski definition) is 9. The Morgan fingerprint density at radius 3 is 2.63 bits per heavy atom. The Hall–Kier alpha value is -2.27. The first-order valence-electron chi connectivity index (χ1n) is 7.85. The molecule has 0 saturated carbocycles. The first-order chi connectivity index (χ1) is 12.6. The fraction of sp³-hybridized carbons (Fsp3) is 0.333. The summed E-state index contributed by atoms with van der Waals surface area (Å²) in [6, 6.07) is 6.40. The zero-order chi connectivity index (χ0) is 19.8. The lowest BCUT2D eigenvalue weighted by atomic mass is 10.1. The van der Waals surface area contributed by atoms with Gasteiger partial charge in [0.15, 0.2) is 0 Å². The lowest BCUT2D eigenvalue weighted by Gasteiger charge is -2.30. The summed E-state index contributed by atoms with van der Waals surface area (Å²) >= 11 is 0. The first kappa shape index (κ1) is 19.5. The number of phosphoric acid groups is 1. The monoisotopic (exact) mass is 397 g/mol. The molecule has 0 amide bonds. The van der Waals surface area contributed by atoms with Crippen molar-refractivity contribution in [2.24, 2.45) is 0 Å². The Bertz CT molecular complexity index is 980. The van der Waals surface area contributed by atoms with Crippen molar-refractivity contribution in [3.63, 3.8) is 0 Å². The predicted molar refractivity (Wildman–Crippen MR) is 89.3 cm³/mol. The molecule has 0 bridgehead atoms. The summed E-state index contributed by atoms with van der Waals surface area (Å²) in [7, 11) is -5.22. The standard InChI is InChI=1S/C15H18N3O8P/c16-9-3-1-8(2-4-9)10-6-18(15(21)17-14(10)20)13-5-11(19)12(26-13)7-25-27(22,23)24/h1-4,6,11-13,19H,5,7,16H2,(H,17,20,21)(H2,22,23,24)/p-2. The summed E-state index contributed by atoms with van der Waals surface area (Å²) in [5.74, 6) is 0. The normalized spacial score (nSPS) is 22.9. The smallest absolute Gasteiger partial charge is 0.330 e. The first-order valence-corrected chi connectivity index (χ1v) is 9.31. The fourth-order valence-corrected chi connectivity index (χ4v) is 3.10. The van der Waals surface area contributed by atoms with E-state index in [1.165, 1.54) is 6.20 Å². The summed E-state index contributed by atoms with van der Waals surface area (Å²) < 4.78 is 21.2. The van der Waals surface area contributed by atoms with E-state index in [0.717, 1.165) is 4.57 Å². The molecule has 1 saturated heterocycles. The average molecular weight is 397 g/mol. The highest BCUT2D eigenvalue weighted by molar-refractivity contribution is 7.43. The largest absolute Gasteiger partial charge is 0.790 e. The molecule has 27 heavy (non-hydrogen) atoms. The van der Waals surface area contributed by atoms with E-state index in [0.29, 0.717) is 11.3 Å². The molecule has 2 heterocycles. The number of rotatable bonds is 5. The number of H-pyrrole nitrogens is 1. The molecular formula is C15H16N3O8P-2. The molecule has 11 nitrogen and oxygen atoms in total. The van der Waals surface area contributed by atoms with Crippen molar-refractivity contribution in [1.82, 2.24) is 9.55 Å². The Labute approximate surface area is 152 Å². The Morgan fingerprint density at radius 1 is 1.33 bits per heavy atom. The zero-order valence-corrected chi connectivity index (χ0v) is 14.7. The number of nitrogens with one attached hydrogen (secondary N) is 1. The molecule has 12 heteroatoms. The number of benzene rings is 1. The molecular weight excluding hydrogens is 381 g/mol. The molecule has 0 spiro atoms. The van der Waals surface area contributed by atoms with E-state index < -0.39 is 44.1 Å². The van der Waals surface area contributed by atoms with Crippen LogP contribution in [0.2, 0.25) is 0 Å². The summed E-state index contributed by atoms with van der Waals surface area (Å²) in [6.45, 7) is -0.676. The quantitative estimate of drug-likeness (QED) is 0.390. The lowest BCUT2D eigenvalue weighted by molar-refractivity contribution is -0.343. The van der Waals surface area contributed by atoms with Crippen LogP contribution in [0.3, 0.4) is 0 Å². The summed E-state index contributed by atoms with van der Waals surface area (Å²) in [5.41, 5.74) is 5.43. The minimum Gasteiger partial charge on any atom is -0.790 e. The average Bonchev–Trinajstić information content (AvgIpc) is 2.94. The summed E-state index contributed by atoms with van der Waals surface area (Å²) in [5, 5.41) is 9.98. The summed E-state index contributed by atoms with van der Waals surface area (Å²) in [4.78, 5) is 47.6. The minimum absolute atomic E-state index is 0.0663. The van der Waals surface area contributed by atoms with E-state index in [1.54, 1.807) is 24.3 Å². The molecule has 3 atom stereocenters. The molecule has 3 rings (SSSR count). The highest BCUT2D eigenvalue weighted by Gasteiger charge is 2.36. The number of hydrogen-bond donors (Lipinski definition) is 3. The van der Waals surface area contributed by atoms with Crippen LogP contribution >= 0.6 is 7.82 Å². The molecule has 1 aromatic carbocycles. The van der Waals surface area contributed by atoms with Crippen molar-refractivity contribution >= 4 is 13.5 Å². The number of aromatic nitrogens is 2. The molecule has 2 aromatic rings. The van der Waals surface area contributed by atoms with E-state index in [-0.39, 0.29) is 12.0 Å². The third kappa shape index (κ3) is 4.53. The van der Waals surface area contributed by atoms with Crippen LogP contribution in [0, 0.1) is 0 Å².